The number of fused-ring (bicyclic) bond motifs is 1. The van der Waals surface area contributed by atoms with E-state index in [2.05, 4.69) is 15.4 Å². The molecule has 220 valence electrons. The molecule has 0 fully saturated rings. The molecule has 0 aliphatic carbocycles. The number of nitro groups is 1. The summed E-state index contributed by atoms with van der Waals surface area (Å²) in [6.45, 7) is 0. The number of rotatable bonds is 6. The van der Waals surface area contributed by atoms with Crippen LogP contribution < -0.4 is 10.1 Å². The topological polar surface area (TPSA) is 112 Å². The van der Waals surface area contributed by atoms with Gasteiger partial charge in [-0.25, -0.2) is 9.50 Å². The number of carbonyl (C=O) groups excluding carboxylic acids is 1. The zero-order valence-electron chi connectivity index (χ0n) is 21.1. The van der Waals surface area contributed by atoms with Gasteiger partial charge in [0, 0.05) is 28.8 Å². The summed E-state index contributed by atoms with van der Waals surface area (Å²) in [5, 5.41) is 17.8. The zero-order chi connectivity index (χ0) is 31.1. The largest absolute Gasteiger partial charge is 0.457 e. The van der Waals surface area contributed by atoms with Gasteiger partial charge in [0.15, 0.2) is 17.0 Å². The van der Waals surface area contributed by atoms with Crippen LogP contribution in [0.2, 0.25) is 5.02 Å². The lowest BCUT2D eigenvalue weighted by molar-refractivity contribution is -0.384. The number of hydrogen-bond donors (Lipinski definition) is 1. The second-order valence-corrected chi connectivity index (χ2v) is 9.32. The van der Waals surface area contributed by atoms with E-state index < -0.39 is 45.8 Å². The molecule has 0 atom stereocenters. The quantitative estimate of drug-likeness (QED) is 0.117. The normalized spacial score (nSPS) is 11.9. The van der Waals surface area contributed by atoms with Crippen LogP contribution >= 0.6 is 11.6 Å². The first-order valence-corrected chi connectivity index (χ1v) is 12.2. The first kappa shape index (κ1) is 29.3. The van der Waals surface area contributed by atoms with Gasteiger partial charge in [0.25, 0.3) is 11.6 Å². The molecule has 2 heterocycles. The summed E-state index contributed by atoms with van der Waals surface area (Å²) in [5.41, 5.74) is -3.69. The molecule has 2 aromatic heterocycles. The second-order valence-electron chi connectivity index (χ2n) is 8.89. The summed E-state index contributed by atoms with van der Waals surface area (Å²) in [7, 11) is 0. The smallest absolute Gasteiger partial charge is 0.433 e. The summed E-state index contributed by atoms with van der Waals surface area (Å²) in [6, 6.07) is 14.3. The van der Waals surface area contributed by atoms with Crippen molar-refractivity contribution in [1.29, 1.82) is 0 Å². The molecule has 1 amide bonds. The van der Waals surface area contributed by atoms with Crippen molar-refractivity contribution < 1.29 is 40.8 Å². The average Bonchev–Trinajstić information content (AvgIpc) is 3.36. The minimum atomic E-state index is -4.89. The molecule has 0 unspecified atom stereocenters. The van der Waals surface area contributed by atoms with Crippen molar-refractivity contribution in [3.05, 3.63) is 111 Å². The number of anilines is 1. The highest BCUT2D eigenvalue weighted by molar-refractivity contribution is 6.30. The van der Waals surface area contributed by atoms with Gasteiger partial charge in [-0.1, -0.05) is 29.8 Å². The number of hydrogen-bond acceptors (Lipinski definition) is 6. The van der Waals surface area contributed by atoms with E-state index in [9.17, 15) is 41.3 Å². The number of ether oxygens (including phenoxy) is 1. The number of nitro benzene ring substituents is 1. The van der Waals surface area contributed by atoms with Crippen LogP contribution in [0.1, 0.15) is 21.7 Å². The van der Waals surface area contributed by atoms with Crippen molar-refractivity contribution in [2.45, 2.75) is 12.4 Å². The number of amides is 1. The van der Waals surface area contributed by atoms with Crippen LogP contribution in [0.15, 0.2) is 78.9 Å². The van der Waals surface area contributed by atoms with Crippen LogP contribution in [0, 0.1) is 10.1 Å². The van der Waals surface area contributed by atoms with E-state index in [0.29, 0.717) is 21.2 Å². The number of aromatic nitrogens is 3. The maximum absolute atomic E-state index is 13.9. The highest BCUT2D eigenvalue weighted by Crippen LogP contribution is 2.35. The molecule has 0 aliphatic rings. The summed E-state index contributed by atoms with van der Waals surface area (Å²) >= 11 is 5.86. The van der Waals surface area contributed by atoms with Crippen LogP contribution in [0.3, 0.4) is 0 Å². The third kappa shape index (κ3) is 6.51. The summed E-state index contributed by atoms with van der Waals surface area (Å²) in [6.07, 6.45) is -9.57. The van der Waals surface area contributed by atoms with Gasteiger partial charge in [-0.15, -0.1) is 0 Å². The SMILES string of the molecule is O=C(Nc1cc(Oc2cccc(C(F)(F)F)c2)cc([N+](=O)[O-])c1)c1cc2nc(-c3ccc(Cl)cc3)cc(C(F)(F)F)n2n1. The Morgan fingerprint density at radius 2 is 1.63 bits per heavy atom. The van der Waals surface area contributed by atoms with Gasteiger partial charge < -0.3 is 10.1 Å². The van der Waals surface area contributed by atoms with Crippen LogP contribution in [0.25, 0.3) is 16.9 Å². The lowest BCUT2D eigenvalue weighted by atomic mass is 10.1. The van der Waals surface area contributed by atoms with E-state index in [0.717, 1.165) is 42.5 Å². The van der Waals surface area contributed by atoms with Crippen LogP contribution in [-0.4, -0.2) is 25.4 Å². The predicted molar refractivity (Wildman–Crippen MR) is 141 cm³/mol. The van der Waals surface area contributed by atoms with Crippen LogP contribution in [-0.2, 0) is 12.4 Å². The predicted octanol–water partition coefficient (Wildman–Crippen LogP) is 8.04. The fourth-order valence-corrected chi connectivity index (χ4v) is 4.07. The zero-order valence-corrected chi connectivity index (χ0v) is 21.8. The Kier molecular flexibility index (Phi) is 7.43. The molecule has 0 saturated carbocycles. The molecular weight excluding hydrogens is 608 g/mol. The molecule has 5 aromatic rings. The third-order valence-electron chi connectivity index (χ3n) is 5.85. The molecule has 0 aliphatic heterocycles. The lowest BCUT2D eigenvalue weighted by Crippen LogP contribution is -2.16. The summed E-state index contributed by atoms with van der Waals surface area (Å²) in [5.74, 6) is -1.65. The molecule has 1 N–H and O–H groups in total. The highest BCUT2D eigenvalue weighted by atomic mass is 35.5. The Bertz CT molecular complexity index is 1870. The molecule has 5 rings (SSSR count). The van der Waals surface area contributed by atoms with Crippen molar-refractivity contribution in [2.24, 2.45) is 0 Å². The van der Waals surface area contributed by atoms with Gasteiger partial charge in [-0.05, 0) is 36.4 Å². The van der Waals surface area contributed by atoms with Crippen LogP contribution in [0.4, 0.5) is 37.7 Å². The maximum atomic E-state index is 13.9. The number of alkyl halides is 6. The molecule has 0 bridgehead atoms. The standard InChI is InChI=1S/C27H14ClF6N5O4/c28-16-6-4-14(5-7-16)21-12-23(27(32,33)34)38-24(36-21)13-22(37-38)25(40)35-17-9-18(39(41)42)11-20(10-17)43-19-3-1-2-15(8-19)26(29,30)31/h1-13H,(H,35,40). The minimum Gasteiger partial charge on any atom is -0.457 e. The lowest BCUT2D eigenvalue weighted by Gasteiger charge is -2.11. The Morgan fingerprint density at radius 1 is 0.907 bits per heavy atom. The van der Waals surface area contributed by atoms with Gasteiger partial charge in [0.1, 0.15) is 11.5 Å². The average molecular weight is 622 g/mol. The van der Waals surface area contributed by atoms with Gasteiger partial charge in [-0.2, -0.15) is 31.4 Å². The van der Waals surface area contributed by atoms with Gasteiger partial charge >= 0.3 is 12.4 Å². The van der Waals surface area contributed by atoms with Crippen molar-refractivity contribution in [2.75, 3.05) is 5.32 Å². The van der Waals surface area contributed by atoms with E-state index in [1.807, 2.05) is 0 Å². The van der Waals surface area contributed by atoms with Gasteiger partial charge in [0.2, 0.25) is 0 Å². The van der Waals surface area contributed by atoms with Crippen molar-refractivity contribution in [1.82, 2.24) is 14.6 Å². The number of nitrogens with one attached hydrogen (secondary N) is 1. The molecule has 9 nitrogen and oxygen atoms in total. The minimum absolute atomic E-state index is 0.0709. The number of nitrogens with zero attached hydrogens (tertiary/aromatic N) is 4. The van der Waals surface area contributed by atoms with E-state index >= 15 is 0 Å². The molecule has 0 spiro atoms. The fourth-order valence-electron chi connectivity index (χ4n) is 3.94. The Hall–Kier alpha value is -5.18. The first-order chi connectivity index (χ1) is 20.2. The molecule has 3 aromatic carbocycles. The summed E-state index contributed by atoms with van der Waals surface area (Å²) < 4.78 is 86.8. The van der Waals surface area contributed by atoms with E-state index in [1.165, 1.54) is 30.3 Å². The molecule has 16 heteroatoms. The number of halogens is 7. The van der Waals surface area contributed by atoms with Crippen LogP contribution in [0.5, 0.6) is 11.5 Å². The van der Waals surface area contributed by atoms with E-state index in [1.54, 1.807) is 0 Å². The summed E-state index contributed by atoms with van der Waals surface area (Å²) in [4.78, 5) is 27.8. The van der Waals surface area contributed by atoms with E-state index in [-0.39, 0.29) is 28.5 Å². The van der Waals surface area contributed by atoms with Crippen molar-refractivity contribution >= 4 is 34.5 Å². The maximum Gasteiger partial charge on any atom is 0.433 e. The number of benzene rings is 3. The number of non-ortho nitro benzene ring substituents is 1. The fraction of sp³-hybridized carbons (Fsp3) is 0.0741. The highest BCUT2D eigenvalue weighted by Gasteiger charge is 2.36. The third-order valence-corrected chi connectivity index (χ3v) is 6.10. The van der Waals surface area contributed by atoms with Gasteiger partial charge in [-0.3, -0.25) is 14.9 Å². The monoisotopic (exact) mass is 621 g/mol. The molecule has 0 radical (unpaired) electrons. The van der Waals surface area contributed by atoms with E-state index in [4.69, 9.17) is 16.3 Å². The Balaban J connectivity index is 1.48. The van der Waals surface area contributed by atoms with Crippen molar-refractivity contribution in [3.63, 3.8) is 0 Å². The molecular formula is C27H14ClF6N5O4. The second kappa shape index (κ2) is 10.9. The van der Waals surface area contributed by atoms with Crippen molar-refractivity contribution in [3.8, 4) is 22.8 Å². The molecule has 43 heavy (non-hydrogen) atoms. The Labute approximate surface area is 241 Å². The first-order valence-electron chi connectivity index (χ1n) is 11.9. The Morgan fingerprint density at radius 3 is 2.28 bits per heavy atom. The number of carbonyl (C=O) groups is 1. The van der Waals surface area contributed by atoms with Gasteiger partial charge in [0.05, 0.1) is 27.9 Å². The molecule has 0 saturated heterocycles.